The first-order valence-electron chi connectivity index (χ1n) is 10.3. The molecule has 0 atom stereocenters. The van der Waals surface area contributed by atoms with Gasteiger partial charge in [0, 0.05) is 50.6 Å². The summed E-state index contributed by atoms with van der Waals surface area (Å²) < 4.78 is 1.93. The minimum atomic E-state index is -0.0172. The molecule has 1 aromatic carbocycles. The molecule has 30 heavy (non-hydrogen) atoms. The number of amides is 1. The van der Waals surface area contributed by atoms with E-state index in [-0.39, 0.29) is 12.5 Å². The highest BCUT2D eigenvalue weighted by Crippen LogP contribution is 2.16. The zero-order valence-corrected chi connectivity index (χ0v) is 19.6. The summed E-state index contributed by atoms with van der Waals surface area (Å²) in [5, 5.41) is 11.2. The Bertz CT molecular complexity index is 832. The highest BCUT2D eigenvalue weighted by molar-refractivity contribution is 7.99. The molecule has 0 aliphatic carbocycles. The molecule has 2 rings (SSSR count). The lowest BCUT2D eigenvalue weighted by Crippen LogP contribution is -2.40. The summed E-state index contributed by atoms with van der Waals surface area (Å²) in [6.45, 7) is 5.84. The number of nitrogens with one attached hydrogen (secondary N) is 2. The maximum absolute atomic E-state index is 11.9. The number of hydrogen-bond donors (Lipinski definition) is 2. The molecule has 164 valence electrons. The number of carbonyl (C=O) groups is 1. The van der Waals surface area contributed by atoms with Crippen molar-refractivity contribution in [3.05, 3.63) is 47.3 Å². The summed E-state index contributed by atoms with van der Waals surface area (Å²) in [5.74, 6) is 1.58. The Labute approximate surface area is 184 Å². The number of hydrogen-bond acceptors (Lipinski definition) is 4. The Balaban J connectivity index is 1.82. The molecule has 7 nitrogen and oxygen atoms in total. The number of rotatable bonds is 10. The first-order valence-corrected chi connectivity index (χ1v) is 11.3. The molecule has 0 aliphatic heterocycles. The largest absolute Gasteiger partial charge is 0.356 e. The van der Waals surface area contributed by atoms with Gasteiger partial charge in [0.1, 0.15) is 6.54 Å². The molecule has 0 saturated heterocycles. The number of carbonyl (C=O) groups excluding carboxylic acids is 1. The smallest absolute Gasteiger partial charge is 0.243 e. The number of benzene rings is 1. The highest BCUT2D eigenvalue weighted by Gasteiger charge is 2.09. The third-order valence-electron chi connectivity index (χ3n) is 4.83. The van der Waals surface area contributed by atoms with Gasteiger partial charge in [0.25, 0.3) is 0 Å². The molecule has 0 bridgehead atoms. The van der Waals surface area contributed by atoms with Crippen molar-refractivity contribution in [3.8, 4) is 0 Å². The van der Waals surface area contributed by atoms with Gasteiger partial charge in [-0.1, -0.05) is 18.2 Å². The predicted octanol–water partition coefficient (Wildman–Crippen LogP) is 2.39. The molecule has 2 aromatic rings. The van der Waals surface area contributed by atoms with Crippen molar-refractivity contribution in [1.29, 1.82) is 0 Å². The fraction of sp³-hybridized carbons (Fsp3) is 0.500. The third-order valence-corrected chi connectivity index (χ3v) is 5.85. The fourth-order valence-corrected chi connectivity index (χ4v) is 3.76. The summed E-state index contributed by atoms with van der Waals surface area (Å²) >= 11 is 1.79. The Morgan fingerprint density at radius 2 is 1.87 bits per heavy atom. The van der Waals surface area contributed by atoms with Gasteiger partial charge in [-0.3, -0.25) is 9.48 Å². The molecule has 8 heteroatoms. The van der Waals surface area contributed by atoms with Crippen molar-refractivity contribution in [2.75, 3.05) is 39.5 Å². The van der Waals surface area contributed by atoms with Crippen LogP contribution in [0.2, 0.25) is 0 Å². The second kappa shape index (κ2) is 12.3. The number of thioether (sulfide) groups is 1. The Kier molecular flexibility index (Phi) is 9.73. The number of nitrogens with zero attached hydrogens (tertiary/aromatic N) is 4. The van der Waals surface area contributed by atoms with E-state index >= 15 is 0 Å². The van der Waals surface area contributed by atoms with Crippen LogP contribution in [0.4, 0.5) is 0 Å². The van der Waals surface area contributed by atoms with E-state index in [1.165, 1.54) is 16.2 Å². The average Bonchev–Trinajstić information content (AvgIpc) is 2.97. The molecule has 0 spiro atoms. The van der Waals surface area contributed by atoms with Crippen LogP contribution >= 0.6 is 11.8 Å². The second-order valence-electron chi connectivity index (χ2n) is 7.34. The van der Waals surface area contributed by atoms with Crippen LogP contribution in [0.15, 0.2) is 40.2 Å². The van der Waals surface area contributed by atoms with Gasteiger partial charge in [-0.05, 0) is 44.4 Å². The molecule has 0 aliphatic rings. The van der Waals surface area contributed by atoms with Crippen molar-refractivity contribution in [1.82, 2.24) is 25.3 Å². The van der Waals surface area contributed by atoms with Crippen LogP contribution in [0.5, 0.6) is 0 Å². The SMILES string of the molecule is Cc1nn(C)c(C)c1CCCNC(=NCC(=O)N(C)C)NCCSc1ccccc1. The molecular formula is C22H34N6OS. The number of likely N-dealkylation sites (N-methyl/N-ethyl adjacent to an activating group) is 1. The van der Waals surface area contributed by atoms with Crippen LogP contribution in [0.1, 0.15) is 23.4 Å². The van der Waals surface area contributed by atoms with E-state index < -0.39 is 0 Å². The monoisotopic (exact) mass is 430 g/mol. The zero-order valence-electron chi connectivity index (χ0n) is 18.7. The molecule has 0 fully saturated rings. The highest BCUT2D eigenvalue weighted by atomic mass is 32.2. The van der Waals surface area contributed by atoms with Crippen LogP contribution in [0.3, 0.4) is 0 Å². The minimum Gasteiger partial charge on any atom is -0.356 e. The topological polar surface area (TPSA) is 74.5 Å². The molecule has 0 unspecified atom stereocenters. The quantitative estimate of drug-likeness (QED) is 0.262. The van der Waals surface area contributed by atoms with Crippen LogP contribution < -0.4 is 10.6 Å². The van der Waals surface area contributed by atoms with E-state index in [1.54, 1.807) is 30.8 Å². The fourth-order valence-electron chi connectivity index (χ4n) is 2.97. The van der Waals surface area contributed by atoms with E-state index in [1.807, 2.05) is 29.9 Å². The predicted molar refractivity (Wildman–Crippen MR) is 125 cm³/mol. The lowest BCUT2D eigenvalue weighted by atomic mass is 10.1. The number of aromatic nitrogens is 2. The van der Waals surface area contributed by atoms with Crippen molar-refractivity contribution >= 4 is 23.6 Å². The average molecular weight is 431 g/mol. The molecule has 1 amide bonds. The summed E-state index contributed by atoms with van der Waals surface area (Å²) in [6.07, 6.45) is 1.93. The maximum Gasteiger partial charge on any atom is 0.243 e. The summed E-state index contributed by atoms with van der Waals surface area (Å²) in [7, 11) is 5.47. The molecule has 2 N–H and O–H groups in total. The summed E-state index contributed by atoms with van der Waals surface area (Å²) in [6, 6.07) is 10.3. The van der Waals surface area contributed by atoms with Gasteiger partial charge in [0.2, 0.25) is 5.91 Å². The van der Waals surface area contributed by atoms with Crippen molar-refractivity contribution < 1.29 is 4.79 Å². The lowest BCUT2D eigenvalue weighted by molar-refractivity contribution is -0.127. The lowest BCUT2D eigenvalue weighted by Gasteiger charge is -2.14. The summed E-state index contributed by atoms with van der Waals surface area (Å²) in [5.41, 5.74) is 3.62. The van der Waals surface area contributed by atoms with Gasteiger partial charge in [-0.2, -0.15) is 5.10 Å². The van der Waals surface area contributed by atoms with E-state index in [4.69, 9.17) is 0 Å². The number of aliphatic imine (C=N–C) groups is 1. The summed E-state index contributed by atoms with van der Waals surface area (Å²) in [4.78, 5) is 19.2. The van der Waals surface area contributed by atoms with Crippen LogP contribution in [0.25, 0.3) is 0 Å². The second-order valence-corrected chi connectivity index (χ2v) is 8.51. The third kappa shape index (κ3) is 7.74. The van der Waals surface area contributed by atoms with E-state index in [2.05, 4.69) is 46.7 Å². The molecule has 0 radical (unpaired) electrons. The van der Waals surface area contributed by atoms with Crippen molar-refractivity contribution in [2.24, 2.45) is 12.0 Å². The normalized spacial score (nSPS) is 11.4. The Morgan fingerprint density at radius 1 is 1.17 bits per heavy atom. The zero-order chi connectivity index (χ0) is 21.9. The number of guanidine groups is 1. The van der Waals surface area contributed by atoms with Crippen molar-refractivity contribution in [3.63, 3.8) is 0 Å². The van der Waals surface area contributed by atoms with E-state index in [0.29, 0.717) is 5.96 Å². The maximum atomic E-state index is 11.9. The van der Waals surface area contributed by atoms with Gasteiger partial charge >= 0.3 is 0 Å². The van der Waals surface area contributed by atoms with Gasteiger partial charge in [-0.25, -0.2) is 4.99 Å². The van der Waals surface area contributed by atoms with Crippen LogP contribution in [-0.2, 0) is 18.3 Å². The first-order chi connectivity index (χ1) is 14.4. The van der Waals surface area contributed by atoms with Gasteiger partial charge in [0.15, 0.2) is 5.96 Å². The minimum absolute atomic E-state index is 0.0172. The van der Waals surface area contributed by atoms with E-state index in [0.717, 1.165) is 37.4 Å². The molecular weight excluding hydrogens is 396 g/mol. The van der Waals surface area contributed by atoms with E-state index in [9.17, 15) is 4.79 Å². The molecule has 1 heterocycles. The first kappa shape index (κ1) is 23.8. The standard InChI is InChI=1S/C22H34N6OS/c1-17-20(18(2)28(5)26-17)12-9-13-23-22(25-16-21(29)27(3)4)24-14-15-30-19-10-7-6-8-11-19/h6-8,10-11H,9,12-16H2,1-5H3,(H2,23,24,25). The Hall–Kier alpha value is -2.48. The van der Waals surface area contributed by atoms with Gasteiger partial charge < -0.3 is 15.5 Å². The van der Waals surface area contributed by atoms with Crippen LogP contribution in [-0.4, -0.2) is 66.0 Å². The van der Waals surface area contributed by atoms with Crippen molar-refractivity contribution in [2.45, 2.75) is 31.6 Å². The molecule has 0 saturated carbocycles. The number of aryl methyl sites for hydroxylation is 2. The Morgan fingerprint density at radius 3 is 2.50 bits per heavy atom. The molecule has 1 aromatic heterocycles. The van der Waals surface area contributed by atoms with Crippen LogP contribution in [0, 0.1) is 13.8 Å². The van der Waals surface area contributed by atoms with Gasteiger partial charge in [-0.15, -0.1) is 11.8 Å². The van der Waals surface area contributed by atoms with Gasteiger partial charge in [0.05, 0.1) is 5.69 Å².